The Kier molecular flexibility index (Phi) is 6.49. The number of anilines is 2. The van der Waals surface area contributed by atoms with Crippen molar-refractivity contribution < 1.29 is 9.21 Å². The molecule has 3 atom stereocenters. The van der Waals surface area contributed by atoms with Gasteiger partial charge in [-0.05, 0) is 56.2 Å². The summed E-state index contributed by atoms with van der Waals surface area (Å²) < 4.78 is 6.13. The Balaban J connectivity index is 1.39. The second-order valence-electron chi connectivity index (χ2n) is 9.25. The average molecular weight is 452 g/mol. The van der Waals surface area contributed by atoms with Crippen molar-refractivity contribution in [3.8, 4) is 0 Å². The van der Waals surface area contributed by atoms with Crippen LogP contribution in [0, 0.1) is 5.92 Å². The van der Waals surface area contributed by atoms with Crippen molar-refractivity contribution in [2.45, 2.75) is 63.4 Å². The minimum absolute atomic E-state index is 0.0989. The fraction of sp³-hybridized carbons (Fsp3) is 0.500. The minimum atomic E-state index is -0.0989. The molecule has 1 aromatic carbocycles. The van der Waals surface area contributed by atoms with Gasteiger partial charge in [0, 0.05) is 37.0 Å². The maximum Gasteiger partial charge on any atom is 0.263 e. The molecule has 3 fully saturated rings. The molecule has 1 N–H and O–H groups in total. The highest BCUT2D eigenvalue weighted by Crippen LogP contribution is 2.42. The van der Waals surface area contributed by atoms with Gasteiger partial charge in [-0.25, -0.2) is 0 Å². The largest absolute Gasteiger partial charge is 0.441 e. The Labute approximate surface area is 195 Å². The molecule has 1 unspecified atom stereocenters. The predicted octanol–water partition coefficient (Wildman–Crippen LogP) is 6.16. The summed E-state index contributed by atoms with van der Waals surface area (Å²) in [4.78, 5) is 18.8. The highest BCUT2D eigenvalue weighted by atomic mass is 32.2. The zero-order chi connectivity index (χ0) is 21.9. The van der Waals surface area contributed by atoms with E-state index in [0.717, 1.165) is 41.7 Å². The fourth-order valence-electron chi connectivity index (χ4n) is 5.20. The number of hydrogen-bond acceptors (Lipinski definition) is 5. The van der Waals surface area contributed by atoms with Gasteiger partial charge in [0.1, 0.15) is 5.76 Å². The highest BCUT2D eigenvalue weighted by Gasteiger charge is 2.43. The standard InChI is InChI=1S/C26H33N3O2S/c1-19-10-6-7-13-22(19)29-25(30)23(32-26(29)27-20-11-4-2-5-12-20)18-21-14-15-24(31-21)28-16-8-3-9-17-28/h2,4-5,11-12,14-15,18-19,22,26-27H,3,6-10,13,16-17H2,1H3/b23-18-/t19-,22+,26?/m1/s1. The molecule has 32 heavy (non-hydrogen) atoms. The number of para-hydroxylation sites is 1. The fourth-order valence-corrected chi connectivity index (χ4v) is 6.39. The maximum absolute atomic E-state index is 13.6. The number of nitrogens with zero attached hydrogens (tertiary/aromatic N) is 2. The molecule has 1 amide bonds. The van der Waals surface area contributed by atoms with Crippen molar-refractivity contribution in [3.63, 3.8) is 0 Å². The normalized spacial score (nSPS) is 27.8. The second kappa shape index (κ2) is 9.65. The lowest BCUT2D eigenvalue weighted by Gasteiger charge is -2.39. The second-order valence-corrected chi connectivity index (χ2v) is 10.4. The van der Waals surface area contributed by atoms with E-state index < -0.39 is 0 Å². The number of rotatable bonds is 5. The lowest BCUT2D eigenvalue weighted by molar-refractivity contribution is -0.129. The quantitative estimate of drug-likeness (QED) is 0.552. The number of nitrogens with one attached hydrogen (secondary N) is 1. The zero-order valence-electron chi connectivity index (χ0n) is 18.8. The molecular formula is C26H33N3O2S. The Morgan fingerprint density at radius 3 is 2.56 bits per heavy atom. The Morgan fingerprint density at radius 1 is 1.00 bits per heavy atom. The first-order chi connectivity index (χ1) is 15.7. The van der Waals surface area contributed by atoms with E-state index in [2.05, 4.69) is 34.2 Å². The third-order valence-corrected chi connectivity index (χ3v) is 8.09. The number of carbonyl (C=O) groups excluding carboxylic acids is 1. The van der Waals surface area contributed by atoms with E-state index in [-0.39, 0.29) is 17.4 Å². The number of furan rings is 1. The van der Waals surface area contributed by atoms with Gasteiger partial charge in [-0.3, -0.25) is 4.79 Å². The molecule has 5 rings (SSSR count). The van der Waals surface area contributed by atoms with E-state index >= 15 is 0 Å². The lowest BCUT2D eigenvalue weighted by Crippen LogP contribution is -2.48. The lowest BCUT2D eigenvalue weighted by atomic mass is 9.85. The monoisotopic (exact) mass is 451 g/mol. The van der Waals surface area contributed by atoms with Crippen LogP contribution in [0.4, 0.5) is 11.6 Å². The van der Waals surface area contributed by atoms with Crippen LogP contribution in [0.1, 0.15) is 57.6 Å². The summed E-state index contributed by atoms with van der Waals surface area (Å²) in [6, 6.07) is 14.5. The number of thioether (sulfide) groups is 1. The van der Waals surface area contributed by atoms with Gasteiger partial charge in [0.15, 0.2) is 11.4 Å². The van der Waals surface area contributed by atoms with Crippen molar-refractivity contribution in [1.29, 1.82) is 0 Å². The van der Waals surface area contributed by atoms with Gasteiger partial charge in [-0.2, -0.15) is 0 Å². The molecule has 1 aromatic heterocycles. The van der Waals surface area contributed by atoms with E-state index in [1.54, 1.807) is 11.8 Å². The summed E-state index contributed by atoms with van der Waals surface area (Å²) in [5.41, 5.74) is 0.941. The average Bonchev–Trinajstić information content (AvgIpc) is 3.41. The molecule has 2 aromatic rings. The summed E-state index contributed by atoms with van der Waals surface area (Å²) in [6.07, 6.45) is 10.4. The van der Waals surface area contributed by atoms with Crippen LogP contribution in [0.2, 0.25) is 0 Å². The highest BCUT2D eigenvalue weighted by molar-refractivity contribution is 8.05. The van der Waals surface area contributed by atoms with E-state index in [1.807, 2.05) is 36.4 Å². The molecule has 3 aliphatic rings. The van der Waals surface area contributed by atoms with Gasteiger partial charge in [-0.15, -0.1) is 0 Å². The zero-order valence-corrected chi connectivity index (χ0v) is 19.7. The SMILES string of the molecule is C[C@@H]1CCCC[C@@H]1N1C(=O)/C(=C/c2ccc(N3CCCCC3)o2)SC1Nc1ccccc1. The van der Waals surface area contributed by atoms with E-state index in [1.165, 1.54) is 38.5 Å². The number of piperidine rings is 1. The van der Waals surface area contributed by atoms with Crippen LogP contribution in [0.15, 0.2) is 51.8 Å². The van der Waals surface area contributed by atoms with Crippen molar-refractivity contribution >= 4 is 35.3 Å². The van der Waals surface area contributed by atoms with Gasteiger partial charge in [0.2, 0.25) is 0 Å². The first-order valence-electron chi connectivity index (χ1n) is 12.1. The third kappa shape index (κ3) is 4.56. The molecule has 170 valence electrons. The molecule has 2 saturated heterocycles. The molecule has 0 radical (unpaired) electrons. The molecule has 0 bridgehead atoms. The van der Waals surface area contributed by atoms with E-state index in [9.17, 15) is 4.79 Å². The molecule has 1 aliphatic carbocycles. The van der Waals surface area contributed by atoms with Crippen LogP contribution in [0.5, 0.6) is 0 Å². The van der Waals surface area contributed by atoms with Crippen molar-refractivity contribution in [2.24, 2.45) is 5.92 Å². The number of hydrogen-bond donors (Lipinski definition) is 1. The first kappa shape index (κ1) is 21.5. The van der Waals surface area contributed by atoms with Gasteiger partial charge in [0.05, 0.1) is 4.91 Å². The predicted molar refractivity (Wildman–Crippen MR) is 132 cm³/mol. The van der Waals surface area contributed by atoms with Crippen LogP contribution in [-0.2, 0) is 4.79 Å². The maximum atomic E-state index is 13.6. The molecule has 1 saturated carbocycles. The number of amides is 1. The van der Waals surface area contributed by atoms with Crippen LogP contribution in [0.25, 0.3) is 6.08 Å². The van der Waals surface area contributed by atoms with Gasteiger partial charge in [-0.1, -0.05) is 49.7 Å². The van der Waals surface area contributed by atoms with Crippen molar-refractivity contribution in [3.05, 3.63) is 53.1 Å². The minimum Gasteiger partial charge on any atom is -0.441 e. The van der Waals surface area contributed by atoms with Crippen LogP contribution in [0.3, 0.4) is 0 Å². The number of carbonyl (C=O) groups is 1. The molecule has 5 nitrogen and oxygen atoms in total. The summed E-state index contributed by atoms with van der Waals surface area (Å²) in [7, 11) is 0. The van der Waals surface area contributed by atoms with Crippen LogP contribution >= 0.6 is 11.8 Å². The van der Waals surface area contributed by atoms with Gasteiger partial charge in [0.25, 0.3) is 5.91 Å². The smallest absolute Gasteiger partial charge is 0.263 e. The Morgan fingerprint density at radius 2 is 1.78 bits per heavy atom. The van der Waals surface area contributed by atoms with Crippen molar-refractivity contribution in [2.75, 3.05) is 23.3 Å². The van der Waals surface area contributed by atoms with Gasteiger partial charge >= 0.3 is 0 Å². The molecule has 0 spiro atoms. The molecular weight excluding hydrogens is 418 g/mol. The third-order valence-electron chi connectivity index (χ3n) is 6.98. The van der Waals surface area contributed by atoms with E-state index in [0.29, 0.717) is 5.92 Å². The Bertz CT molecular complexity index is 951. The van der Waals surface area contributed by atoms with Crippen LogP contribution < -0.4 is 10.2 Å². The molecule has 2 aliphatic heterocycles. The number of benzene rings is 1. The first-order valence-corrected chi connectivity index (χ1v) is 12.9. The van der Waals surface area contributed by atoms with Crippen LogP contribution in [-0.4, -0.2) is 35.4 Å². The van der Waals surface area contributed by atoms with E-state index in [4.69, 9.17) is 4.42 Å². The summed E-state index contributed by atoms with van der Waals surface area (Å²) in [5, 5.41) is 3.60. The van der Waals surface area contributed by atoms with Gasteiger partial charge < -0.3 is 19.5 Å². The topological polar surface area (TPSA) is 48.7 Å². The Hall–Kier alpha value is -2.34. The summed E-state index contributed by atoms with van der Waals surface area (Å²) in [5.74, 6) is 2.32. The van der Waals surface area contributed by atoms with Crippen molar-refractivity contribution in [1.82, 2.24) is 4.90 Å². The molecule has 6 heteroatoms. The molecule has 3 heterocycles. The summed E-state index contributed by atoms with van der Waals surface area (Å²) in [6.45, 7) is 4.39. The summed E-state index contributed by atoms with van der Waals surface area (Å²) >= 11 is 1.61.